The maximum Gasteiger partial charge on any atom is 0.217 e. The largest absolute Gasteiger partial charge is 0.346 e. The maximum absolute atomic E-state index is 13.4. The molecular weight excluding hydrogens is 219 g/mol. The van der Waals surface area contributed by atoms with Crippen molar-refractivity contribution in [3.8, 4) is 0 Å². The zero-order valence-corrected chi connectivity index (χ0v) is 9.52. The zero-order chi connectivity index (χ0) is 11.6. The Morgan fingerprint density at radius 2 is 2.13 bits per heavy atom. The topological polar surface area (TPSA) is 42.0 Å². The molecule has 0 atom stereocenters. The molecule has 82 valence electrons. The number of amides is 1. The van der Waals surface area contributed by atoms with E-state index in [0.717, 1.165) is 0 Å². The molecule has 1 amide bonds. The van der Waals surface area contributed by atoms with E-state index in [1.54, 1.807) is 13.8 Å². The third-order valence-corrected chi connectivity index (χ3v) is 2.10. The van der Waals surface area contributed by atoms with E-state index >= 15 is 0 Å². The molecule has 5 heteroatoms. The van der Waals surface area contributed by atoms with Gasteiger partial charge in [0.1, 0.15) is 16.7 Å². The summed E-state index contributed by atoms with van der Waals surface area (Å²) in [6.45, 7) is 4.69. The van der Waals surface area contributed by atoms with Crippen LogP contribution in [0.15, 0.2) is 12.1 Å². The third kappa shape index (κ3) is 2.89. The van der Waals surface area contributed by atoms with Gasteiger partial charge >= 0.3 is 0 Å². The average molecular weight is 231 g/mol. The van der Waals surface area contributed by atoms with Crippen molar-refractivity contribution in [3.63, 3.8) is 0 Å². The van der Waals surface area contributed by atoms with E-state index in [4.69, 9.17) is 11.6 Å². The second kappa shape index (κ2) is 4.14. The molecule has 3 nitrogen and oxygen atoms in total. The standard InChI is InChI=1S/C10H12ClFN2O/c1-6(15)14-10(2,3)9-7(12)4-5-8(11)13-9/h4-5H,1-3H3,(H,14,15). The Morgan fingerprint density at radius 1 is 1.53 bits per heavy atom. The van der Waals surface area contributed by atoms with Crippen LogP contribution >= 0.6 is 11.6 Å². The number of rotatable bonds is 2. The highest BCUT2D eigenvalue weighted by atomic mass is 35.5. The van der Waals surface area contributed by atoms with Gasteiger partial charge in [-0.3, -0.25) is 4.79 Å². The number of nitrogens with one attached hydrogen (secondary N) is 1. The lowest BCUT2D eigenvalue weighted by molar-refractivity contribution is -0.120. The molecule has 15 heavy (non-hydrogen) atoms. The van der Waals surface area contributed by atoms with Gasteiger partial charge in [0.2, 0.25) is 5.91 Å². The number of nitrogens with zero attached hydrogens (tertiary/aromatic N) is 1. The molecule has 0 radical (unpaired) electrons. The van der Waals surface area contributed by atoms with Crippen molar-refractivity contribution in [2.75, 3.05) is 0 Å². The molecule has 0 aliphatic rings. The molecule has 0 saturated heterocycles. The lowest BCUT2D eigenvalue weighted by atomic mass is 9.99. The van der Waals surface area contributed by atoms with Crippen LogP contribution in [0.3, 0.4) is 0 Å². The Balaban J connectivity index is 3.13. The lowest BCUT2D eigenvalue weighted by Crippen LogP contribution is -2.41. The van der Waals surface area contributed by atoms with E-state index in [1.807, 2.05) is 0 Å². The first kappa shape index (κ1) is 11.9. The van der Waals surface area contributed by atoms with E-state index in [1.165, 1.54) is 19.1 Å². The number of carbonyl (C=O) groups excluding carboxylic acids is 1. The predicted octanol–water partition coefficient (Wildman–Crippen LogP) is 2.25. The van der Waals surface area contributed by atoms with E-state index < -0.39 is 11.4 Å². The first-order valence-electron chi connectivity index (χ1n) is 4.44. The lowest BCUT2D eigenvalue weighted by Gasteiger charge is -2.25. The highest BCUT2D eigenvalue weighted by Gasteiger charge is 2.26. The van der Waals surface area contributed by atoms with Crippen LogP contribution in [0, 0.1) is 5.82 Å². The zero-order valence-electron chi connectivity index (χ0n) is 8.77. The molecule has 0 fully saturated rings. The van der Waals surface area contributed by atoms with Gasteiger partial charge in [0.05, 0.1) is 5.54 Å². The van der Waals surface area contributed by atoms with E-state index in [0.29, 0.717) is 0 Å². The Kier molecular flexibility index (Phi) is 3.29. The number of pyridine rings is 1. The van der Waals surface area contributed by atoms with Crippen molar-refractivity contribution < 1.29 is 9.18 Å². The smallest absolute Gasteiger partial charge is 0.217 e. The molecule has 1 aromatic heterocycles. The quantitative estimate of drug-likeness (QED) is 0.792. The van der Waals surface area contributed by atoms with Crippen LogP contribution in [0.2, 0.25) is 5.15 Å². The summed E-state index contributed by atoms with van der Waals surface area (Å²) < 4.78 is 13.4. The summed E-state index contributed by atoms with van der Waals surface area (Å²) in [5.74, 6) is -0.737. The molecular formula is C10H12ClFN2O. The normalized spacial score (nSPS) is 11.3. The molecule has 0 bridgehead atoms. The van der Waals surface area contributed by atoms with Crippen molar-refractivity contribution in [3.05, 3.63) is 28.8 Å². The molecule has 1 N–H and O–H groups in total. The highest BCUT2D eigenvalue weighted by molar-refractivity contribution is 6.29. The second-order valence-corrected chi connectivity index (χ2v) is 4.16. The van der Waals surface area contributed by atoms with Gasteiger partial charge in [-0.15, -0.1) is 0 Å². The van der Waals surface area contributed by atoms with Gasteiger partial charge in [-0.25, -0.2) is 9.37 Å². The molecule has 1 rings (SSSR count). The van der Waals surface area contributed by atoms with Crippen LogP contribution in [-0.2, 0) is 10.3 Å². The predicted molar refractivity (Wildman–Crippen MR) is 56.0 cm³/mol. The molecule has 1 aromatic rings. The van der Waals surface area contributed by atoms with Crippen molar-refractivity contribution in [1.82, 2.24) is 10.3 Å². The number of carbonyl (C=O) groups is 1. The fraction of sp³-hybridized carbons (Fsp3) is 0.400. The Morgan fingerprint density at radius 3 is 2.67 bits per heavy atom. The van der Waals surface area contributed by atoms with Crippen LogP contribution in [0.25, 0.3) is 0 Å². The Hall–Kier alpha value is -1.16. The molecule has 0 aliphatic heterocycles. The van der Waals surface area contributed by atoms with E-state index in [-0.39, 0.29) is 16.8 Å². The molecule has 0 unspecified atom stereocenters. The average Bonchev–Trinajstić information content (AvgIpc) is 2.06. The van der Waals surface area contributed by atoms with E-state index in [9.17, 15) is 9.18 Å². The van der Waals surface area contributed by atoms with Crippen LogP contribution in [-0.4, -0.2) is 10.9 Å². The fourth-order valence-corrected chi connectivity index (χ4v) is 1.50. The Bertz CT molecular complexity index is 393. The third-order valence-electron chi connectivity index (χ3n) is 1.89. The molecule has 0 aliphatic carbocycles. The van der Waals surface area contributed by atoms with Crippen molar-refractivity contribution in [1.29, 1.82) is 0 Å². The summed E-state index contributed by atoms with van der Waals surface area (Å²) in [7, 11) is 0. The second-order valence-electron chi connectivity index (χ2n) is 3.77. The van der Waals surface area contributed by atoms with Gasteiger partial charge in [0.15, 0.2) is 0 Å². The summed E-state index contributed by atoms with van der Waals surface area (Å²) >= 11 is 5.67. The van der Waals surface area contributed by atoms with Gasteiger partial charge in [-0.05, 0) is 26.0 Å². The van der Waals surface area contributed by atoms with Crippen molar-refractivity contribution in [2.24, 2.45) is 0 Å². The number of hydrogen-bond acceptors (Lipinski definition) is 2. The van der Waals surface area contributed by atoms with Crippen LogP contribution in [0.5, 0.6) is 0 Å². The SMILES string of the molecule is CC(=O)NC(C)(C)c1nc(Cl)ccc1F. The molecule has 1 heterocycles. The minimum absolute atomic E-state index is 0.130. The summed E-state index contributed by atoms with van der Waals surface area (Å²) in [6.07, 6.45) is 0. The van der Waals surface area contributed by atoms with E-state index in [2.05, 4.69) is 10.3 Å². The van der Waals surface area contributed by atoms with Crippen LogP contribution in [0.4, 0.5) is 4.39 Å². The summed E-state index contributed by atoms with van der Waals surface area (Å²) in [4.78, 5) is 14.8. The van der Waals surface area contributed by atoms with Crippen molar-refractivity contribution in [2.45, 2.75) is 26.3 Å². The summed E-state index contributed by atoms with van der Waals surface area (Å²) in [5.41, 5.74) is -0.744. The fourth-order valence-electron chi connectivity index (χ4n) is 1.36. The maximum atomic E-state index is 13.4. The molecule has 0 spiro atoms. The number of hydrogen-bond donors (Lipinski definition) is 1. The van der Waals surface area contributed by atoms with Gasteiger partial charge in [-0.2, -0.15) is 0 Å². The highest BCUT2D eigenvalue weighted by Crippen LogP contribution is 2.22. The van der Waals surface area contributed by atoms with Crippen molar-refractivity contribution >= 4 is 17.5 Å². The minimum atomic E-state index is -0.874. The minimum Gasteiger partial charge on any atom is -0.346 e. The Labute approximate surface area is 92.7 Å². The van der Waals surface area contributed by atoms with Gasteiger partial charge in [0.25, 0.3) is 0 Å². The monoisotopic (exact) mass is 230 g/mol. The van der Waals surface area contributed by atoms with Crippen LogP contribution in [0.1, 0.15) is 26.5 Å². The van der Waals surface area contributed by atoms with Gasteiger partial charge in [0, 0.05) is 6.92 Å². The van der Waals surface area contributed by atoms with Gasteiger partial charge < -0.3 is 5.32 Å². The number of aromatic nitrogens is 1. The van der Waals surface area contributed by atoms with Gasteiger partial charge in [-0.1, -0.05) is 11.6 Å². The first-order valence-corrected chi connectivity index (χ1v) is 4.82. The molecule has 0 aromatic carbocycles. The number of halogens is 2. The molecule has 0 saturated carbocycles. The van der Waals surface area contributed by atoms with Crippen LogP contribution < -0.4 is 5.32 Å². The first-order chi connectivity index (χ1) is 6.83. The summed E-state index contributed by atoms with van der Waals surface area (Å²) in [5, 5.41) is 2.80. The summed E-state index contributed by atoms with van der Waals surface area (Å²) in [6, 6.07) is 2.60.